The number of unbranched alkanes of at least 4 members (excludes halogenated alkanes) is 63. The van der Waals surface area contributed by atoms with Crippen molar-refractivity contribution in [2.45, 2.75) is 450 Å². The zero-order valence-corrected chi connectivity index (χ0v) is 61.9. The smallest absolute Gasteiger partial charge is 0.462 e. The van der Waals surface area contributed by atoms with Gasteiger partial charge >= 0.3 is 19.8 Å². The van der Waals surface area contributed by atoms with Crippen LogP contribution in [0.1, 0.15) is 444 Å². The number of carbonyl (C=O) groups excluding carboxylic acids is 2. The summed E-state index contributed by atoms with van der Waals surface area (Å²) in [5.41, 5.74) is 0. The van der Waals surface area contributed by atoms with Crippen molar-refractivity contribution in [1.82, 2.24) is 0 Å². The van der Waals surface area contributed by atoms with E-state index in [9.17, 15) is 19.0 Å². The SMILES string of the molecule is CCCCCCCCCCCCCCCCCCCCCCCCCCCCCCCCCCCCCCCCCCCC(=O)OC(COC(=O)CCCCCCCCCCCCCCCCCCCCCCCCCC)COP(=O)(O)OCC[N+](C)(C)C. The first kappa shape index (κ1) is 88.0. The third-order valence-electron chi connectivity index (χ3n) is 18.9. The molecule has 0 aromatic rings. The predicted octanol–water partition coefficient (Wildman–Crippen LogP) is 26.5. The van der Waals surface area contributed by atoms with Gasteiger partial charge in [-0.2, -0.15) is 0 Å². The molecule has 2 atom stereocenters. The maximum atomic E-state index is 12.9. The first-order valence-electron chi connectivity index (χ1n) is 40.3. The molecule has 10 heteroatoms. The van der Waals surface area contributed by atoms with Gasteiger partial charge < -0.3 is 18.9 Å². The maximum Gasteiger partial charge on any atom is 0.472 e. The van der Waals surface area contributed by atoms with E-state index >= 15 is 0 Å². The van der Waals surface area contributed by atoms with E-state index in [2.05, 4.69) is 13.8 Å². The molecule has 0 fully saturated rings. The number of hydrogen-bond acceptors (Lipinski definition) is 7. The molecule has 1 N–H and O–H groups in total. The Kier molecular flexibility index (Phi) is 70.5. The van der Waals surface area contributed by atoms with Crippen LogP contribution in [0.25, 0.3) is 0 Å². The molecule has 532 valence electrons. The molecular formula is C79H159NO8P+. The number of rotatable bonds is 77. The van der Waals surface area contributed by atoms with Gasteiger partial charge in [-0.25, -0.2) is 4.57 Å². The molecule has 0 rings (SSSR count). The summed E-state index contributed by atoms with van der Waals surface area (Å²) in [5, 5.41) is 0. The zero-order chi connectivity index (χ0) is 64.8. The van der Waals surface area contributed by atoms with Gasteiger partial charge in [-0.3, -0.25) is 18.6 Å². The lowest BCUT2D eigenvalue weighted by Crippen LogP contribution is -2.37. The lowest BCUT2D eigenvalue weighted by atomic mass is 10.0. The Morgan fingerprint density at radius 1 is 0.303 bits per heavy atom. The van der Waals surface area contributed by atoms with E-state index in [4.69, 9.17) is 18.5 Å². The second kappa shape index (κ2) is 71.3. The Morgan fingerprint density at radius 2 is 0.506 bits per heavy atom. The van der Waals surface area contributed by atoms with Crippen LogP contribution in [-0.4, -0.2) is 74.9 Å². The monoisotopic (exact) mass is 1280 g/mol. The van der Waals surface area contributed by atoms with Gasteiger partial charge in [0, 0.05) is 12.8 Å². The topological polar surface area (TPSA) is 108 Å². The van der Waals surface area contributed by atoms with Crippen molar-refractivity contribution in [3.8, 4) is 0 Å². The minimum absolute atomic E-state index is 0.0378. The number of phosphoric acid groups is 1. The van der Waals surface area contributed by atoms with Crippen LogP contribution in [0.4, 0.5) is 0 Å². The molecule has 0 saturated carbocycles. The van der Waals surface area contributed by atoms with Gasteiger partial charge in [-0.15, -0.1) is 0 Å². The van der Waals surface area contributed by atoms with E-state index in [0.717, 1.165) is 38.5 Å². The number of carbonyl (C=O) groups is 2. The van der Waals surface area contributed by atoms with Crippen LogP contribution in [0.15, 0.2) is 0 Å². The third kappa shape index (κ3) is 75.9. The van der Waals surface area contributed by atoms with E-state index < -0.39 is 26.5 Å². The molecule has 89 heavy (non-hydrogen) atoms. The summed E-state index contributed by atoms with van der Waals surface area (Å²) >= 11 is 0. The summed E-state index contributed by atoms with van der Waals surface area (Å²) in [6.45, 7) is 4.54. The third-order valence-corrected chi connectivity index (χ3v) is 19.9. The van der Waals surface area contributed by atoms with Gasteiger partial charge in [0.1, 0.15) is 19.8 Å². The number of phosphoric ester groups is 1. The summed E-state index contributed by atoms with van der Waals surface area (Å²) in [6.07, 6.45) is 88.4. The highest BCUT2D eigenvalue weighted by Crippen LogP contribution is 2.43. The highest BCUT2D eigenvalue weighted by molar-refractivity contribution is 7.47. The molecule has 0 radical (unpaired) electrons. The van der Waals surface area contributed by atoms with Gasteiger partial charge in [0.15, 0.2) is 6.10 Å². The van der Waals surface area contributed by atoms with Crippen molar-refractivity contribution in [3.63, 3.8) is 0 Å². The molecule has 0 aliphatic carbocycles. The number of nitrogens with zero attached hydrogens (tertiary/aromatic N) is 1. The summed E-state index contributed by atoms with van der Waals surface area (Å²) in [4.78, 5) is 35.9. The van der Waals surface area contributed by atoms with Crippen LogP contribution >= 0.6 is 7.82 Å². The minimum atomic E-state index is -4.39. The van der Waals surface area contributed by atoms with E-state index in [1.165, 1.54) is 379 Å². The molecule has 2 unspecified atom stereocenters. The molecule has 0 aliphatic heterocycles. The average Bonchev–Trinajstić information content (AvgIpc) is 3.60. The number of hydrogen-bond donors (Lipinski definition) is 1. The van der Waals surface area contributed by atoms with Gasteiger partial charge in [-0.05, 0) is 12.8 Å². The molecule has 0 bridgehead atoms. The average molecular weight is 1280 g/mol. The van der Waals surface area contributed by atoms with Gasteiger partial charge in [0.25, 0.3) is 0 Å². The maximum absolute atomic E-state index is 12.9. The molecular weight excluding hydrogens is 1120 g/mol. The van der Waals surface area contributed by atoms with Crippen molar-refractivity contribution >= 4 is 19.8 Å². The molecule has 9 nitrogen and oxygen atoms in total. The molecule has 0 spiro atoms. The van der Waals surface area contributed by atoms with Crippen molar-refractivity contribution in [1.29, 1.82) is 0 Å². The van der Waals surface area contributed by atoms with E-state index in [0.29, 0.717) is 17.4 Å². The predicted molar refractivity (Wildman–Crippen MR) is 386 cm³/mol. The number of ether oxygens (including phenoxy) is 2. The van der Waals surface area contributed by atoms with E-state index in [1.54, 1.807) is 0 Å². The number of likely N-dealkylation sites (N-methyl/N-ethyl adjacent to an activating group) is 1. The first-order valence-corrected chi connectivity index (χ1v) is 41.8. The highest BCUT2D eigenvalue weighted by Gasteiger charge is 2.27. The minimum Gasteiger partial charge on any atom is -0.462 e. The largest absolute Gasteiger partial charge is 0.472 e. The van der Waals surface area contributed by atoms with Crippen LogP contribution < -0.4 is 0 Å². The Bertz CT molecular complexity index is 1460. The zero-order valence-electron chi connectivity index (χ0n) is 61.0. The molecule has 0 heterocycles. The fourth-order valence-electron chi connectivity index (χ4n) is 12.7. The van der Waals surface area contributed by atoms with Crippen molar-refractivity contribution in [2.75, 3.05) is 47.5 Å². The Balaban J connectivity index is 3.83. The Hall–Kier alpha value is -0.990. The fourth-order valence-corrected chi connectivity index (χ4v) is 13.5. The van der Waals surface area contributed by atoms with Gasteiger partial charge in [0.05, 0.1) is 27.7 Å². The molecule has 0 aliphatic rings. The Labute approximate surface area is 556 Å². The van der Waals surface area contributed by atoms with Crippen molar-refractivity contribution in [3.05, 3.63) is 0 Å². The van der Waals surface area contributed by atoms with E-state index in [1.807, 2.05) is 21.1 Å². The number of quaternary nitrogens is 1. The van der Waals surface area contributed by atoms with E-state index in [-0.39, 0.29) is 25.6 Å². The lowest BCUT2D eigenvalue weighted by molar-refractivity contribution is -0.870. The summed E-state index contributed by atoms with van der Waals surface area (Å²) < 4.78 is 34.8. The molecule has 0 saturated heterocycles. The van der Waals surface area contributed by atoms with Crippen LogP contribution in [0.2, 0.25) is 0 Å². The highest BCUT2D eigenvalue weighted by atomic mass is 31.2. The summed E-state index contributed by atoms with van der Waals surface area (Å²) in [7, 11) is 1.51. The number of esters is 2. The second-order valence-corrected chi connectivity index (χ2v) is 30.6. The lowest BCUT2D eigenvalue weighted by Gasteiger charge is -2.24. The fraction of sp³-hybridized carbons (Fsp3) is 0.975. The first-order chi connectivity index (χ1) is 43.5. The van der Waals surface area contributed by atoms with Crippen LogP contribution in [0.3, 0.4) is 0 Å². The normalized spacial score (nSPS) is 12.9. The van der Waals surface area contributed by atoms with Crippen molar-refractivity contribution < 1.29 is 42.1 Å². The summed E-state index contributed by atoms with van der Waals surface area (Å²) in [6, 6.07) is 0. The van der Waals surface area contributed by atoms with Crippen molar-refractivity contribution in [2.24, 2.45) is 0 Å². The molecule has 0 aromatic carbocycles. The summed E-state index contributed by atoms with van der Waals surface area (Å²) in [5.74, 6) is -0.765. The quantitative estimate of drug-likeness (QED) is 0.0278. The molecule has 0 amide bonds. The van der Waals surface area contributed by atoms with Gasteiger partial charge in [-0.1, -0.05) is 418 Å². The standard InChI is InChI=1S/C79H158NO8P/c1-6-8-10-12-14-16-18-20-22-24-26-28-30-32-33-34-35-36-37-38-39-40-41-42-43-44-45-46-47-48-50-52-54-56-58-60-62-64-66-68-70-72-79(82)88-77(76-87-89(83,84)86-74-73-80(3,4)5)75-85-78(81)71-69-67-65-63-61-59-57-55-53-51-49-31-29-27-25-23-21-19-17-15-13-11-9-7-2/h77H,6-76H2,1-5H3/p+1. The van der Waals surface area contributed by atoms with Crippen LogP contribution in [0.5, 0.6) is 0 Å². The van der Waals surface area contributed by atoms with Crippen LogP contribution in [-0.2, 0) is 32.7 Å². The van der Waals surface area contributed by atoms with Gasteiger partial charge in [0.2, 0.25) is 0 Å². The molecule has 0 aromatic heterocycles. The Morgan fingerprint density at radius 3 is 0.719 bits per heavy atom. The second-order valence-electron chi connectivity index (χ2n) is 29.2. The van der Waals surface area contributed by atoms with Crippen LogP contribution in [0, 0.1) is 0 Å².